The van der Waals surface area contributed by atoms with Crippen LogP contribution in [0.5, 0.6) is 0 Å². The molecule has 0 aliphatic heterocycles. The summed E-state index contributed by atoms with van der Waals surface area (Å²) < 4.78 is 26.0. The van der Waals surface area contributed by atoms with E-state index in [-0.39, 0.29) is 5.82 Å². The SMILES string of the molecule is O=C(/C=C/c1ccccc1F)Nc1ccc(F)cc1. The van der Waals surface area contributed by atoms with E-state index in [9.17, 15) is 13.6 Å². The van der Waals surface area contributed by atoms with Crippen molar-refractivity contribution in [3.63, 3.8) is 0 Å². The van der Waals surface area contributed by atoms with Gasteiger partial charge in [0.1, 0.15) is 11.6 Å². The number of amides is 1. The summed E-state index contributed by atoms with van der Waals surface area (Å²) in [5, 5.41) is 2.54. The number of carbonyl (C=O) groups excluding carboxylic acids is 1. The zero-order valence-electron chi connectivity index (χ0n) is 9.94. The molecule has 2 aromatic carbocycles. The highest BCUT2D eigenvalue weighted by Crippen LogP contribution is 2.10. The summed E-state index contributed by atoms with van der Waals surface area (Å²) in [6.45, 7) is 0. The van der Waals surface area contributed by atoms with Crippen molar-refractivity contribution >= 4 is 17.7 Å². The van der Waals surface area contributed by atoms with Gasteiger partial charge in [-0.1, -0.05) is 18.2 Å². The van der Waals surface area contributed by atoms with E-state index in [0.717, 1.165) is 0 Å². The molecule has 0 spiro atoms. The molecular weight excluding hydrogens is 248 g/mol. The third kappa shape index (κ3) is 3.74. The van der Waals surface area contributed by atoms with Crippen LogP contribution in [0.4, 0.5) is 14.5 Å². The van der Waals surface area contributed by atoms with E-state index in [1.54, 1.807) is 18.2 Å². The Hall–Kier alpha value is -2.49. The lowest BCUT2D eigenvalue weighted by Crippen LogP contribution is -2.07. The highest BCUT2D eigenvalue weighted by atomic mass is 19.1. The number of hydrogen-bond acceptors (Lipinski definition) is 1. The Balaban J connectivity index is 2.02. The van der Waals surface area contributed by atoms with Crippen LogP contribution in [0, 0.1) is 11.6 Å². The van der Waals surface area contributed by atoms with Gasteiger partial charge in [0.2, 0.25) is 5.91 Å². The minimum absolute atomic E-state index is 0.330. The standard InChI is InChI=1S/C15H11F2NO/c16-12-6-8-13(9-7-12)18-15(19)10-5-11-3-1-2-4-14(11)17/h1-10H,(H,18,19)/b10-5+. The summed E-state index contributed by atoms with van der Waals surface area (Å²) in [7, 11) is 0. The fraction of sp³-hybridized carbons (Fsp3) is 0. The largest absolute Gasteiger partial charge is 0.323 e. The average molecular weight is 259 g/mol. The third-order valence-electron chi connectivity index (χ3n) is 2.43. The maximum absolute atomic E-state index is 13.3. The second kappa shape index (κ2) is 5.91. The molecule has 2 nitrogen and oxygen atoms in total. The van der Waals surface area contributed by atoms with Gasteiger partial charge in [0, 0.05) is 17.3 Å². The zero-order chi connectivity index (χ0) is 13.7. The van der Waals surface area contributed by atoms with E-state index < -0.39 is 11.7 Å². The van der Waals surface area contributed by atoms with Crippen LogP contribution >= 0.6 is 0 Å². The molecule has 0 saturated heterocycles. The van der Waals surface area contributed by atoms with Gasteiger partial charge >= 0.3 is 0 Å². The smallest absolute Gasteiger partial charge is 0.248 e. The van der Waals surface area contributed by atoms with Gasteiger partial charge in [-0.05, 0) is 36.4 Å². The van der Waals surface area contributed by atoms with Gasteiger partial charge < -0.3 is 5.32 Å². The van der Waals surface area contributed by atoms with Gasteiger partial charge in [0.05, 0.1) is 0 Å². The first kappa shape index (κ1) is 13.0. The lowest BCUT2D eigenvalue weighted by atomic mass is 10.2. The predicted molar refractivity (Wildman–Crippen MR) is 70.5 cm³/mol. The fourth-order valence-electron chi connectivity index (χ4n) is 1.49. The Kier molecular flexibility index (Phi) is 4.03. The number of rotatable bonds is 3. The van der Waals surface area contributed by atoms with Crippen LogP contribution in [0.15, 0.2) is 54.6 Å². The number of anilines is 1. The van der Waals surface area contributed by atoms with Crippen LogP contribution < -0.4 is 5.32 Å². The van der Waals surface area contributed by atoms with Gasteiger partial charge in [0.25, 0.3) is 0 Å². The molecule has 0 aliphatic rings. The zero-order valence-corrected chi connectivity index (χ0v) is 9.94. The fourth-order valence-corrected chi connectivity index (χ4v) is 1.49. The Morgan fingerprint density at radius 3 is 2.37 bits per heavy atom. The summed E-state index contributed by atoms with van der Waals surface area (Å²) in [6, 6.07) is 11.5. The maximum Gasteiger partial charge on any atom is 0.248 e. The number of halogens is 2. The van der Waals surface area contributed by atoms with E-state index in [4.69, 9.17) is 0 Å². The molecule has 0 unspecified atom stereocenters. The molecule has 96 valence electrons. The van der Waals surface area contributed by atoms with Crippen molar-refractivity contribution in [3.8, 4) is 0 Å². The lowest BCUT2D eigenvalue weighted by molar-refractivity contribution is -0.111. The molecule has 2 rings (SSSR count). The topological polar surface area (TPSA) is 29.1 Å². The van der Waals surface area contributed by atoms with Crippen LogP contribution in [0.25, 0.3) is 6.08 Å². The normalized spacial score (nSPS) is 10.6. The molecule has 0 aliphatic carbocycles. The van der Waals surface area contributed by atoms with Crippen LogP contribution in [0.1, 0.15) is 5.56 Å². The number of hydrogen-bond donors (Lipinski definition) is 1. The van der Waals surface area contributed by atoms with Crippen LogP contribution in [-0.2, 0) is 4.79 Å². The Labute approximate surface area is 109 Å². The molecule has 0 saturated carbocycles. The maximum atomic E-state index is 13.3. The molecule has 0 atom stereocenters. The first-order valence-corrected chi connectivity index (χ1v) is 5.64. The van der Waals surface area contributed by atoms with Crippen molar-refractivity contribution in [2.45, 2.75) is 0 Å². The first-order valence-electron chi connectivity index (χ1n) is 5.64. The Bertz CT molecular complexity index is 606. The Morgan fingerprint density at radius 2 is 1.68 bits per heavy atom. The summed E-state index contributed by atoms with van der Waals surface area (Å²) in [5.41, 5.74) is 0.807. The number of nitrogens with one attached hydrogen (secondary N) is 1. The van der Waals surface area contributed by atoms with E-state index in [2.05, 4.69) is 5.32 Å². The molecule has 2 aromatic rings. The van der Waals surface area contributed by atoms with Gasteiger partial charge in [-0.15, -0.1) is 0 Å². The van der Waals surface area contributed by atoms with Crippen LogP contribution in [0.2, 0.25) is 0 Å². The van der Waals surface area contributed by atoms with E-state index in [1.807, 2.05) is 0 Å². The van der Waals surface area contributed by atoms with Crippen molar-refractivity contribution in [1.29, 1.82) is 0 Å². The predicted octanol–water partition coefficient (Wildman–Crippen LogP) is 3.62. The summed E-state index contributed by atoms with van der Waals surface area (Å²) in [5.74, 6) is -1.18. The highest BCUT2D eigenvalue weighted by Gasteiger charge is 2.00. The van der Waals surface area contributed by atoms with Crippen molar-refractivity contribution in [1.82, 2.24) is 0 Å². The minimum Gasteiger partial charge on any atom is -0.323 e. The molecule has 0 fully saturated rings. The molecule has 19 heavy (non-hydrogen) atoms. The van der Waals surface area contributed by atoms with Gasteiger partial charge in [-0.3, -0.25) is 4.79 Å². The highest BCUT2D eigenvalue weighted by molar-refractivity contribution is 6.01. The Morgan fingerprint density at radius 1 is 1.00 bits per heavy atom. The van der Waals surface area contributed by atoms with E-state index in [0.29, 0.717) is 11.3 Å². The quantitative estimate of drug-likeness (QED) is 0.838. The molecule has 1 amide bonds. The van der Waals surface area contributed by atoms with Gasteiger partial charge in [-0.2, -0.15) is 0 Å². The minimum atomic E-state index is -0.408. The number of benzene rings is 2. The summed E-state index contributed by atoms with van der Waals surface area (Å²) >= 11 is 0. The second-order valence-corrected chi connectivity index (χ2v) is 3.85. The molecule has 1 N–H and O–H groups in total. The van der Waals surface area contributed by atoms with Crippen molar-refractivity contribution < 1.29 is 13.6 Å². The van der Waals surface area contributed by atoms with Crippen LogP contribution in [-0.4, -0.2) is 5.91 Å². The molecule has 4 heteroatoms. The van der Waals surface area contributed by atoms with Crippen molar-refractivity contribution in [3.05, 3.63) is 71.8 Å². The third-order valence-corrected chi connectivity index (χ3v) is 2.43. The number of carbonyl (C=O) groups is 1. The summed E-state index contributed by atoms with van der Waals surface area (Å²) in [6.07, 6.45) is 2.61. The van der Waals surface area contributed by atoms with E-state index >= 15 is 0 Å². The molecule has 0 heterocycles. The van der Waals surface area contributed by atoms with E-state index in [1.165, 1.54) is 42.5 Å². The van der Waals surface area contributed by atoms with Crippen molar-refractivity contribution in [2.75, 3.05) is 5.32 Å². The monoisotopic (exact) mass is 259 g/mol. The van der Waals surface area contributed by atoms with Crippen molar-refractivity contribution in [2.24, 2.45) is 0 Å². The average Bonchev–Trinajstić information content (AvgIpc) is 2.40. The van der Waals surface area contributed by atoms with Gasteiger partial charge in [0.15, 0.2) is 0 Å². The first-order chi connectivity index (χ1) is 9.15. The second-order valence-electron chi connectivity index (χ2n) is 3.85. The van der Waals surface area contributed by atoms with Gasteiger partial charge in [-0.25, -0.2) is 8.78 Å². The lowest BCUT2D eigenvalue weighted by Gasteiger charge is -2.01. The molecule has 0 aromatic heterocycles. The summed E-state index contributed by atoms with van der Waals surface area (Å²) in [4.78, 5) is 11.6. The molecule has 0 bridgehead atoms. The molecular formula is C15H11F2NO. The van der Waals surface area contributed by atoms with Crippen LogP contribution in [0.3, 0.4) is 0 Å². The molecule has 0 radical (unpaired) electrons.